The van der Waals surface area contributed by atoms with Crippen LogP contribution >= 0.6 is 15.9 Å². The van der Waals surface area contributed by atoms with Crippen LogP contribution in [0.15, 0.2) is 28.7 Å². The fourth-order valence-corrected chi connectivity index (χ4v) is 2.02. The van der Waals surface area contributed by atoms with Gasteiger partial charge in [-0.3, -0.25) is 4.79 Å². The molecule has 0 fully saturated rings. The highest BCUT2D eigenvalue weighted by Gasteiger charge is 2.09. The number of hydrogen-bond acceptors (Lipinski definition) is 2. The summed E-state index contributed by atoms with van der Waals surface area (Å²) in [7, 11) is 1.89. The molecule has 0 saturated heterocycles. The van der Waals surface area contributed by atoms with E-state index in [0.717, 1.165) is 23.0 Å². The third kappa shape index (κ3) is 5.33. The normalized spacial score (nSPS) is 12.2. The molecule has 1 amide bonds. The van der Waals surface area contributed by atoms with E-state index in [1.807, 2.05) is 38.2 Å². The van der Waals surface area contributed by atoms with E-state index >= 15 is 0 Å². The predicted molar refractivity (Wildman–Crippen MR) is 73.9 cm³/mol. The molecule has 17 heavy (non-hydrogen) atoms. The van der Waals surface area contributed by atoms with E-state index in [1.165, 1.54) is 0 Å². The van der Waals surface area contributed by atoms with Gasteiger partial charge in [-0.1, -0.05) is 28.1 Å². The molecule has 0 aliphatic rings. The maximum Gasteiger partial charge on any atom is 0.220 e. The number of carbonyl (C=O) groups is 1. The van der Waals surface area contributed by atoms with Crippen LogP contribution in [0.1, 0.15) is 31.4 Å². The van der Waals surface area contributed by atoms with Crippen LogP contribution in [0, 0.1) is 0 Å². The minimum absolute atomic E-state index is 0.0505. The van der Waals surface area contributed by atoms with Crippen molar-refractivity contribution in [3.8, 4) is 0 Å². The van der Waals surface area contributed by atoms with Gasteiger partial charge < -0.3 is 10.6 Å². The van der Waals surface area contributed by atoms with Crippen molar-refractivity contribution in [1.29, 1.82) is 0 Å². The monoisotopic (exact) mass is 298 g/mol. The molecule has 94 valence electrons. The van der Waals surface area contributed by atoms with Crippen molar-refractivity contribution in [2.75, 3.05) is 13.6 Å². The molecule has 0 radical (unpaired) electrons. The Labute approximate surface area is 111 Å². The topological polar surface area (TPSA) is 41.1 Å². The van der Waals surface area contributed by atoms with Gasteiger partial charge in [0.15, 0.2) is 0 Å². The van der Waals surface area contributed by atoms with Crippen LogP contribution in [-0.4, -0.2) is 19.5 Å². The highest BCUT2D eigenvalue weighted by Crippen LogP contribution is 2.17. The smallest absolute Gasteiger partial charge is 0.220 e. The van der Waals surface area contributed by atoms with E-state index in [0.29, 0.717) is 6.42 Å². The van der Waals surface area contributed by atoms with Crippen molar-refractivity contribution in [1.82, 2.24) is 10.6 Å². The van der Waals surface area contributed by atoms with Crippen LogP contribution < -0.4 is 10.6 Å². The van der Waals surface area contributed by atoms with Crippen molar-refractivity contribution < 1.29 is 4.79 Å². The van der Waals surface area contributed by atoms with E-state index in [2.05, 4.69) is 26.6 Å². The quantitative estimate of drug-likeness (QED) is 0.793. The Kier molecular flexibility index (Phi) is 6.22. The van der Waals surface area contributed by atoms with Gasteiger partial charge >= 0.3 is 0 Å². The third-order valence-electron chi connectivity index (χ3n) is 2.56. The van der Waals surface area contributed by atoms with Gasteiger partial charge in [0, 0.05) is 10.9 Å². The second-order valence-electron chi connectivity index (χ2n) is 4.05. The average molecular weight is 299 g/mol. The van der Waals surface area contributed by atoms with Gasteiger partial charge in [0.1, 0.15) is 0 Å². The zero-order valence-corrected chi connectivity index (χ0v) is 11.9. The summed E-state index contributed by atoms with van der Waals surface area (Å²) in [4.78, 5) is 11.6. The predicted octanol–water partition coefficient (Wildman–Crippen LogP) is 2.63. The molecule has 0 heterocycles. The van der Waals surface area contributed by atoms with Crippen LogP contribution in [0.2, 0.25) is 0 Å². The van der Waals surface area contributed by atoms with Crippen LogP contribution in [0.4, 0.5) is 0 Å². The molecular formula is C13H19BrN2O. The lowest BCUT2D eigenvalue weighted by Gasteiger charge is -2.14. The lowest BCUT2D eigenvalue weighted by molar-refractivity contribution is -0.121. The van der Waals surface area contributed by atoms with Gasteiger partial charge in [-0.05, 0) is 44.6 Å². The van der Waals surface area contributed by atoms with E-state index in [4.69, 9.17) is 0 Å². The van der Waals surface area contributed by atoms with Crippen molar-refractivity contribution in [3.63, 3.8) is 0 Å². The highest BCUT2D eigenvalue weighted by molar-refractivity contribution is 9.10. The van der Waals surface area contributed by atoms with Gasteiger partial charge in [-0.25, -0.2) is 0 Å². The van der Waals surface area contributed by atoms with Crippen molar-refractivity contribution >= 4 is 21.8 Å². The summed E-state index contributed by atoms with van der Waals surface area (Å²) in [6, 6.07) is 8.05. The Morgan fingerprint density at radius 1 is 1.47 bits per heavy atom. The molecule has 0 saturated carbocycles. The number of benzene rings is 1. The van der Waals surface area contributed by atoms with Gasteiger partial charge in [-0.2, -0.15) is 0 Å². The largest absolute Gasteiger partial charge is 0.350 e. The van der Waals surface area contributed by atoms with E-state index in [-0.39, 0.29) is 11.9 Å². The van der Waals surface area contributed by atoms with E-state index in [1.54, 1.807) is 0 Å². The van der Waals surface area contributed by atoms with Crippen LogP contribution in [0.25, 0.3) is 0 Å². The second kappa shape index (κ2) is 7.45. The van der Waals surface area contributed by atoms with E-state index in [9.17, 15) is 4.79 Å². The molecular weight excluding hydrogens is 280 g/mol. The SMILES string of the molecule is CNCCCC(=O)N[C@@H](C)c1cccc(Br)c1. The molecule has 2 N–H and O–H groups in total. The Morgan fingerprint density at radius 2 is 2.24 bits per heavy atom. The summed E-state index contributed by atoms with van der Waals surface area (Å²) in [5.74, 6) is 0.104. The molecule has 0 aliphatic carbocycles. The van der Waals surface area contributed by atoms with Crippen molar-refractivity contribution in [2.45, 2.75) is 25.8 Å². The average Bonchev–Trinajstić information content (AvgIpc) is 2.29. The fourth-order valence-electron chi connectivity index (χ4n) is 1.60. The first kappa shape index (κ1) is 14.2. The fraction of sp³-hybridized carbons (Fsp3) is 0.462. The van der Waals surface area contributed by atoms with Crippen LogP contribution in [0.3, 0.4) is 0 Å². The summed E-state index contributed by atoms with van der Waals surface area (Å²) in [5.41, 5.74) is 1.11. The molecule has 0 aliphatic heterocycles. The Bertz CT molecular complexity index is 368. The number of rotatable bonds is 6. The number of halogens is 1. The highest BCUT2D eigenvalue weighted by atomic mass is 79.9. The number of carbonyl (C=O) groups excluding carboxylic acids is 1. The summed E-state index contributed by atoms with van der Waals surface area (Å²) in [6.07, 6.45) is 1.44. The van der Waals surface area contributed by atoms with Gasteiger partial charge in [0.2, 0.25) is 5.91 Å². The summed E-state index contributed by atoms with van der Waals surface area (Å²) >= 11 is 3.43. The molecule has 3 nitrogen and oxygen atoms in total. The van der Waals surface area contributed by atoms with Crippen LogP contribution in [0.5, 0.6) is 0 Å². The summed E-state index contributed by atoms with van der Waals surface area (Å²) in [5, 5.41) is 6.02. The molecule has 1 atom stereocenters. The summed E-state index contributed by atoms with van der Waals surface area (Å²) in [6.45, 7) is 2.87. The Balaban J connectivity index is 2.43. The molecule has 0 unspecified atom stereocenters. The maximum absolute atomic E-state index is 11.6. The number of hydrogen-bond donors (Lipinski definition) is 2. The second-order valence-corrected chi connectivity index (χ2v) is 4.97. The first-order valence-electron chi connectivity index (χ1n) is 5.83. The number of nitrogens with one attached hydrogen (secondary N) is 2. The molecule has 0 spiro atoms. The lowest BCUT2D eigenvalue weighted by atomic mass is 10.1. The van der Waals surface area contributed by atoms with E-state index < -0.39 is 0 Å². The molecule has 0 bridgehead atoms. The molecule has 1 aromatic carbocycles. The molecule has 0 aromatic heterocycles. The van der Waals surface area contributed by atoms with Crippen molar-refractivity contribution in [2.24, 2.45) is 0 Å². The first-order valence-corrected chi connectivity index (χ1v) is 6.62. The summed E-state index contributed by atoms with van der Waals surface area (Å²) < 4.78 is 1.03. The number of amides is 1. The van der Waals surface area contributed by atoms with Crippen LogP contribution in [-0.2, 0) is 4.79 Å². The molecule has 1 aromatic rings. The van der Waals surface area contributed by atoms with Gasteiger partial charge in [-0.15, -0.1) is 0 Å². The van der Waals surface area contributed by atoms with Gasteiger partial charge in [0.05, 0.1) is 6.04 Å². The first-order chi connectivity index (χ1) is 8.13. The zero-order chi connectivity index (χ0) is 12.7. The van der Waals surface area contributed by atoms with Crippen molar-refractivity contribution in [3.05, 3.63) is 34.3 Å². The molecule has 4 heteroatoms. The zero-order valence-electron chi connectivity index (χ0n) is 10.3. The van der Waals surface area contributed by atoms with Gasteiger partial charge in [0.25, 0.3) is 0 Å². The Hall–Kier alpha value is -0.870. The minimum atomic E-state index is 0.0505. The Morgan fingerprint density at radius 3 is 2.88 bits per heavy atom. The minimum Gasteiger partial charge on any atom is -0.350 e. The standard InChI is InChI=1S/C13H19BrN2O/c1-10(11-5-3-6-12(14)9-11)16-13(17)7-4-8-15-2/h3,5-6,9-10,15H,4,7-8H2,1-2H3,(H,16,17)/t10-/m0/s1. The third-order valence-corrected chi connectivity index (χ3v) is 3.05. The maximum atomic E-state index is 11.6. The molecule has 1 rings (SSSR count). The lowest BCUT2D eigenvalue weighted by Crippen LogP contribution is -2.27.